The summed E-state index contributed by atoms with van der Waals surface area (Å²) in [6.45, 7) is 0.536. The maximum atomic E-state index is 5.25. The van der Waals surface area contributed by atoms with Crippen LogP contribution >= 0.6 is 12.2 Å². The van der Waals surface area contributed by atoms with E-state index in [1.54, 1.807) is 0 Å². The number of para-hydroxylation sites is 1. The molecular formula is C15H12N2S. The van der Waals surface area contributed by atoms with Gasteiger partial charge in [-0.3, -0.25) is 4.99 Å². The summed E-state index contributed by atoms with van der Waals surface area (Å²) < 4.78 is 0. The number of rotatable bonds is 1. The van der Waals surface area contributed by atoms with Crippen LogP contribution in [0.1, 0.15) is 11.1 Å². The lowest BCUT2D eigenvalue weighted by Crippen LogP contribution is -2.10. The Morgan fingerprint density at radius 3 is 2.50 bits per heavy atom. The van der Waals surface area contributed by atoms with Crippen LogP contribution in [0, 0.1) is 0 Å². The average Bonchev–Trinajstić information content (AvgIpc) is 2.58. The smallest absolute Gasteiger partial charge is 0.102 e. The highest BCUT2D eigenvalue weighted by Gasteiger charge is 2.15. The molecule has 0 spiro atoms. The number of hydrogen-bond acceptors (Lipinski definition) is 2. The van der Waals surface area contributed by atoms with E-state index in [0.717, 1.165) is 27.5 Å². The fourth-order valence-electron chi connectivity index (χ4n) is 2.07. The second kappa shape index (κ2) is 4.70. The van der Waals surface area contributed by atoms with Gasteiger partial charge in [0.25, 0.3) is 0 Å². The Morgan fingerprint density at radius 1 is 0.944 bits per heavy atom. The van der Waals surface area contributed by atoms with E-state index in [-0.39, 0.29) is 0 Å². The summed E-state index contributed by atoms with van der Waals surface area (Å²) in [5.74, 6) is 0. The number of thiocarbonyl (C=S) groups is 1. The Labute approximate surface area is 111 Å². The van der Waals surface area contributed by atoms with Gasteiger partial charge in [-0.15, -0.1) is 0 Å². The molecule has 1 N–H and O–H groups in total. The first kappa shape index (κ1) is 11.1. The third-order valence-electron chi connectivity index (χ3n) is 2.88. The van der Waals surface area contributed by atoms with Crippen molar-refractivity contribution in [3.8, 4) is 0 Å². The lowest BCUT2D eigenvalue weighted by molar-refractivity contribution is 1.31. The Balaban J connectivity index is 2.17. The average molecular weight is 252 g/mol. The molecule has 3 heteroatoms. The third-order valence-corrected chi connectivity index (χ3v) is 3.12. The Bertz CT molecular complexity index is 617. The number of fused-ring (bicyclic) bond motifs is 1. The first-order chi connectivity index (χ1) is 8.84. The van der Waals surface area contributed by atoms with Crippen molar-refractivity contribution in [1.82, 2.24) is 0 Å². The zero-order valence-corrected chi connectivity index (χ0v) is 10.6. The molecule has 2 aromatic carbocycles. The van der Waals surface area contributed by atoms with Gasteiger partial charge in [0.15, 0.2) is 0 Å². The fraction of sp³-hybridized carbons (Fsp3) is 0.0667. The summed E-state index contributed by atoms with van der Waals surface area (Å²) in [4.78, 5) is 5.39. The van der Waals surface area contributed by atoms with E-state index in [2.05, 4.69) is 28.5 Å². The molecule has 2 aromatic rings. The van der Waals surface area contributed by atoms with Gasteiger partial charge in [0.05, 0.1) is 12.3 Å². The van der Waals surface area contributed by atoms with Crippen LogP contribution < -0.4 is 5.32 Å². The second-order valence-corrected chi connectivity index (χ2v) is 4.62. The van der Waals surface area contributed by atoms with E-state index in [4.69, 9.17) is 12.2 Å². The summed E-state index contributed by atoms with van der Waals surface area (Å²) in [5.41, 5.74) is 4.25. The number of benzene rings is 2. The van der Waals surface area contributed by atoms with Crippen molar-refractivity contribution in [2.45, 2.75) is 0 Å². The van der Waals surface area contributed by atoms with Gasteiger partial charge in [0.2, 0.25) is 0 Å². The number of aliphatic imine (C=N–C) groups is 1. The minimum absolute atomic E-state index is 0.536. The lowest BCUT2D eigenvalue weighted by Gasteiger charge is -2.09. The number of benzodiazepines with no additional fused rings is 1. The van der Waals surface area contributed by atoms with Gasteiger partial charge in [-0.2, -0.15) is 0 Å². The standard InChI is InChI=1S/C15H12N2S/c18-14-10-16-15(11-6-2-1-3-7-11)12-8-4-5-9-13(12)17-14/h1-9H,10H2,(H,17,18). The first-order valence-corrected chi connectivity index (χ1v) is 6.24. The molecular weight excluding hydrogens is 240 g/mol. The van der Waals surface area contributed by atoms with Crippen molar-refractivity contribution in [1.29, 1.82) is 0 Å². The van der Waals surface area contributed by atoms with Gasteiger partial charge in [-0.25, -0.2) is 0 Å². The molecule has 0 aromatic heterocycles. The van der Waals surface area contributed by atoms with Crippen LogP contribution in [0.15, 0.2) is 59.6 Å². The van der Waals surface area contributed by atoms with Crippen molar-refractivity contribution < 1.29 is 0 Å². The van der Waals surface area contributed by atoms with Gasteiger partial charge in [-0.05, 0) is 6.07 Å². The van der Waals surface area contributed by atoms with Crippen molar-refractivity contribution in [3.63, 3.8) is 0 Å². The van der Waals surface area contributed by atoms with E-state index in [1.165, 1.54) is 0 Å². The highest BCUT2D eigenvalue weighted by atomic mass is 32.1. The number of hydrogen-bond donors (Lipinski definition) is 1. The highest BCUT2D eigenvalue weighted by Crippen LogP contribution is 2.22. The van der Waals surface area contributed by atoms with E-state index in [1.807, 2.05) is 36.4 Å². The topological polar surface area (TPSA) is 24.4 Å². The van der Waals surface area contributed by atoms with Crippen molar-refractivity contribution >= 4 is 28.6 Å². The van der Waals surface area contributed by atoms with Gasteiger partial charge < -0.3 is 5.32 Å². The molecule has 18 heavy (non-hydrogen) atoms. The molecule has 0 saturated carbocycles. The van der Waals surface area contributed by atoms with E-state index in [0.29, 0.717) is 6.54 Å². The SMILES string of the molecule is S=C1CN=C(c2ccccc2)c2ccccc2N1. The Kier molecular flexibility index (Phi) is 2.90. The van der Waals surface area contributed by atoms with Crippen molar-refractivity contribution in [3.05, 3.63) is 65.7 Å². The zero-order valence-electron chi connectivity index (χ0n) is 9.76. The maximum Gasteiger partial charge on any atom is 0.102 e. The molecule has 0 saturated heterocycles. The molecule has 88 valence electrons. The predicted octanol–water partition coefficient (Wildman–Crippen LogP) is 3.28. The molecule has 0 atom stereocenters. The summed E-state index contributed by atoms with van der Waals surface area (Å²) in [6.07, 6.45) is 0. The van der Waals surface area contributed by atoms with E-state index < -0.39 is 0 Å². The lowest BCUT2D eigenvalue weighted by atomic mass is 10.0. The summed E-state index contributed by atoms with van der Waals surface area (Å²) in [5, 5.41) is 3.24. The molecule has 3 rings (SSSR count). The quantitative estimate of drug-likeness (QED) is 0.788. The molecule has 1 aliphatic heterocycles. The minimum atomic E-state index is 0.536. The third kappa shape index (κ3) is 2.05. The monoisotopic (exact) mass is 252 g/mol. The van der Waals surface area contributed by atoms with E-state index >= 15 is 0 Å². The molecule has 2 nitrogen and oxygen atoms in total. The fourth-order valence-corrected chi connectivity index (χ4v) is 2.24. The van der Waals surface area contributed by atoms with Gasteiger partial charge in [-0.1, -0.05) is 60.7 Å². The molecule has 0 aliphatic carbocycles. The second-order valence-electron chi connectivity index (χ2n) is 4.12. The number of nitrogens with one attached hydrogen (secondary N) is 1. The molecule has 1 heterocycles. The highest BCUT2D eigenvalue weighted by molar-refractivity contribution is 7.80. The summed E-state index contributed by atoms with van der Waals surface area (Å²) >= 11 is 5.25. The molecule has 0 fully saturated rings. The Hall–Kier alpha value is -2.00. The molecule has 0 amide bonds. The Morgan fingerprint density at radius 2 is 1.67 bits per heavy atom. The largest absolute Gasteiger partial charge is 0.348 e. The summed E-state index contributed by atoms with van der Waals surface area (Å²) in [6, 6.07) is 18.3. The normalized spacial score (nSPS) is 14.2. The van der Waals surface area contributed by atoms with E-state index in [9.17, 15) is 0 Å². The summed E-state index contributed by atoms with van der Waals surface area (Å²) in [7, 11) is 0. The maximum absolute atomic E-state index is 5.25. The minimum Gasteiger partial charge on any atom is -0.348 e. The van der Waals surface area contributed by atoms with Crippen LogP contribution in [0.3, 0.4) is 0 Å². The van der Waals surface area contributed by atoms with Crippen molar-refractivity contribution in [2.24, 2.45) is 4.99 Å². The predicted molar refractivity (Wildman–Crippen MR) is 79.6 cm³/mol. The van der Waals surface area contributed by atoms with Crippen LogP contribution in [0.4, 0.5) is 5.69 Å². The first-order valence-electron chi connectivity index (χ1n) is 5.84. The van der Waals surface area contributed by atoms with Crippen molar-refractivity contribution in [2.75, 3.05) is 11.9 Å². The molecule has 1 aliphatic rings. The van der Waals surface area contributed by atoms with Crippen LogP contribution in [-0.2, 0) is 0 Å². The molecule has 0 radical (unpaired) electrons. The number of anilines is 1. The molecule has 0 unspecified atom stereocenters. The molecule has 0 bridgehead atoms. The number of nitrogens with zero attached hydrogens (tertiary/aromatic N) is 1. The zero-order chi connectivity index (χ0) is 12.4. The van der Waals surface area contributed by atoms with Gasteiger partial charge >= 0.3 is 0 Å². The van der Waals surface area contributed by atoms with Crippen LogP contribution in [0.25, 0.3) is 0 Å². The van der Waals surface area contributed by atoms with Gasteiger partial charge in [0, 0.05) is 16.8 Å². The van der Waals surface area contributed by atoms with Crippen LogP contribution in [0.2, 0.25) is 0 Å². The van der Waals surface area contributed by atoms with Crippen LogP contribution in [0.5, 0.6) is 0 Å². The van der Waals surface area contributed by atoms with Gasteiger partial charge in [0.1, 0.15) is 4.99 Å². The van der Waals surface area contributed by atoms with Crippen LogP contribution in [-0.4, -0.2) is 17.2 Å².